The highest BCUT2D eigenvalue weighted by Gasteiger charge is 2.45. The SMILES string of the molecule is CCC(CN)[C@@H]1OC(CO)C(O)C(O)C1O. The quantitative estimate of drug-likeness (QED) is 0.378. The van der Waals surface area contributed by atoms with Crippen LogP contribution in [0, 0.1) is 5.92 Å². The highest BCUT2D eigenvalue weighted by Crippen LogP contribution is 2.26. The van der Waals surface area contributed by atoms with Gasteiger partial charge in [-0.3, -0.25) is 0 Å². The van der Waals surface area contributed by atoms with E-state index >= 15 is 0 Å². The minimum Gasteiger partial charge on any atom is -0.394 e. The van der Waals surface area contributed by atoms with Gasteiger partial charge in [0.25, 0.3) is 0 Å². The first-order chi connectivity index (χ1) is 7.56. The molecule has 0 aromatic rings. The molecule has 1 aliphatic heterocycles. The maximum absolute atomic E-state index is 9.78. The minimum atomic E-state index is -1.31. The maximum atomic E-state index is 9.78. The third-order valence-electron chi connectivity index (χ3n) is 3.22. The van der Waals surface area contributed by atoms with Gasteiger partial charge in [-0.05, 0) is 18.9 Å². The molecule has 1 saturated heterocycles. The Hall–Kier alpha value is -0.240. The third kappa shape index (κ3) is 2.53. The van der Waals surface area contributed by atoms with Gasteiger partial charge in [-0.15, -0.1) is 0 Å². The first kappa shape index (κ1) is 13.8. The molecule has 0 saturated carbocycles. The van der Waals surface area contributed by atoms with Crippen molar-refractivity contribution in [3.05, 3.63) is 0 Å². The third-order valence-corrected chi connectivity index (χ3v) is 3.22. The van der Waals surface area contributed by atoms with Gasteiger partial charge in [-0.25, -0.2) is 0 Å². The Balaban J connectivity index is 2.77. The Bertz CT molecular complexity index is 207. The van der Waals surface area contributed by atoms with Crippen LogP contribution in [-0.4, -0.2) is 64.1 Å². The minimum absolute atomic E-state index is 0.105. The molecule has 96 valence electrons. The summed E-state index contributed by atoms with van der Waals surface area (Å²) < 4.78 is 5.38. The Morgan fingerprint density at radius 2 is 1.81 bits per heavy atom. The van der Waals surface area contributed by atoms with Crippen molar-refractivity contribution >= 4 is 0 Å². The topological polar surface area (TPSA) is 116 Å². The van der Waals surface area contributed by atoms with Gasteiger partial charge >= 0.3 is 0 Å². The highest BCUT2D eigenvalue weighted by atomic mass is 16.5. The summed E-state index contributed by atoms with van der Waals surface area (Å²) in [5, 5.41) is 37.9. The van der Waals surface area contributed by atoms with E-state index in [1.165, 1.54) is 0 Å². The Labute approximate surface area is 94.6 Å². The molecule has 1 heterocycles. The van der Waals surface area contributed by atoms with Gasteiger partial charge in [0.05, 0.1) is 12.7 Å². The molecule has 0 amide bonds. The zero-order valence-electron chi connectivity index (χ0n) is 9.36. The molecule has 6 N–H and O–H groups in total. The summed E-state index contributed by atoms with van der Waals surface area (Å²) in [7, 11) is 0. The number of hydrogen-bond acceptors (Lipinski definition) is 6. The van der Waals surface area contributed by atoms with Crippen molar-refractivity contribution in [2.75, 3.05) is 13.2 Å². The number of aliphatic hydroxyl groups excluding tert-OH is 4. The van der Waals surface area contributed by atoms with E-state index in [1.54, 1.807) is 0 Å². The zero-order chi connectivity index (χ0) is 12.3. The molecular weight excluding hydrogens is 214 g/mol. The van der Waals surface area contributed by atoms with Crippen molar-refractivity contribution in [1.82, 2.24) is 0 Å². The van der Waals surface area contributed by atoms with Crippen LogP contribution in [0.2, 0.25) is 0 Å². The van der Waals surface area contributed by atoms with E-state index in [9.17, 15) is 15.3 Å². The summed E-state index contributed by atoms with van der Waals surface area (Å²) >= 11 is 0. The molecule has 16 heavy (non-hydrogen) atoms. The largest absolute Gasteiger partial charge is 0.394 e. The van der Waals surface area contributed by atoms with Crippen molar-refractivity contribution in [3.8, 4) is 0 Å². The Morgan fingerprint density at radius 1 is 1.19 bits per heavy atom. The summed E-state index contributed by atoms with van der Waals surface area (Å²) in [5.74, 6) is -0.105. The van der Waals surface area contributed by atoms with Crippen molar-refractivity contribution in [2.45, 2.75) is 43.9 Å². The highest BCUT2D eigenvalue weighted by molar-refractivity contribution is 4.94. The van der Waals surface area contributed by atoms with Crippen molar-refractivity contribution < 1.29 is 25.2 Å². The molecule has 0 aliphatic carbocycles. The summed E-state index contributed by atoms with van der Waals surface area (Å²) in [6.45, 7) is 1.82. The second-order valence-electron chi connectivity index (χ2n) is 4.20. The van der Waals surface area contributed by atoms with E-state index in [1.807, 2.05) is 6.92 Å². The molecule has 0 bridgehead atoms. The lowest BCUT2D eigenvalue weighted by Gasteiger charge is -2.42. The van der Waals surface area contributed by atoms with Crippen LogP contribution in [-0.2, 0) is 4.74 Å². The number of ether oxygens (including phenoxy) is 1. The van der Waals surface area contributed by atoms with Crippen LogP contribution in [0.1, 0.15) is 13.3 Å². The Kier molecular flexibility index (Phi) is 5.10. The summed E-state index contributed by atoms with van der Waals surface area (Å²) in [4.78, 5) is 0. The van der Waals surface area contributed by atoms with E-state index in [0.717, 1.165) is 0 Å². The molecule has 0 aromatic heterocycles. The Morgan fingerprint density at radius 3 is 2.25 bits per heavy atom. The average Bonchev–Trinajstić information content (AvgIpc) is 2.30. The molecule has 6 nitrogen and oxygen atoms in total. The fourth-order valence-corrected chi connectivity index (χ4v) is 2.05. The molecule has 1 rings (SSSR count). The lowest BCUT2D eigenvalue weighted by Crippen LogP contribution is -2.60. The van der Waals surface area contributed by atoms with E-state index in [4.69, 9.17) is 15.6 Å². The van der Waals surface area contributed by atoms with E-state index in [-0.39, 0.29) is 5.92 Å². The van der Waals surface area contributed by atoms with Crippen LogP contribution in [0.25, 0.3) is 0 Å². The smallest absolute Gasteiger partial charge is 0.111 e. The van der Waals surface area contributed by atoms with Gasteiger partial charge in [-0.1, -0.05) is 6.92 Å². The predicted octanol–water partition coefficient (Wildman–Crippen LogP) is -2.19. The summed E-state index contributed by atoms with van der Waals surface area (Å²) in [6, 6.07) is 0. The van der Waals surface area contributed by atoms with Crippen LogP contribution in [0.15, 0.2) is 0 Å². The van der Waals surface area contributed by atoms with E-state index in [2.05, 4.69) is 0 Å². The second kappa shape index (κ2) is 5.90. The van der Waals surface area contributed by atoms with Gasteiger partial charge in [0.1, 0.15) is 24.4 Å². The first-order valence-corrected chi connectivity index (χ1v) is 5.57. The normalized spacial score (nSPS) is 42.0. The first-order valence-electron chi connectivity index (χ1n) is 5.57. The average molecular weight is 235 g/mol. The van der Waals surface area contributed by atoms with Crippen molar-refractivity contribution in [1.29, 1.82) is 0 Å². The van der Waals surface area contributed by atoms with Crippen molar-refractivity contribution in [2.24, 2.45) is 11.7 Å². The van der Waals surface area contributed by atoms with Crippen LogP contribution in [0.4, 0.5) is 0 Å². The maximum Gasteiger partial charge on any atom is 0.111 e. The van der Waals surface area contributed by atoms with Gasteiger partial charge in [-0.2, -0.15) is 0 Å². The standard InChI is InChI=1S/C10H21NO5/c1-2-5(3-11)10-9(15)8(14)7(13)6(4-12)16-10/h5-10,12-15H,2-4,11H2,1H3/t5?,6?,7?,8?,9?,10-/m0/s1. The molecule has 6 heteroatoms. The predicted molar refractivity (Wildman–Crippen MR) is 56.6 cm³/mol. The second-order valence-corrected chi connectivity index (χ2v) is 4.20. The summed E-state index contributed by atoms with van der Waals surface area (Å²) in [6.07, 6.45) is -4.58. The van der Waals surface area contributed by atoms with E-state index < -0.39 is 37.1 Å². The number of hydrogen-bond donors (Lipinski definition) is 5. The van der Waals surface area contributed by atoms with Gasteiger partial charge < -0.3 is 30.9 Å². The number of nitrogens with two attached hydrogens (primary N) is 1. The van der Waals surface area contributed by atoms with Gasteiger partial charge in [0, 0.05) is 0 Å². The fraction of sp³-hybridized carbons (Fsp3) is 1.00. The molecule has 5 unspecified atom stereocenters. The monoisotopic (exact) mass is 235 g/mol. The molecule has 6 atom stereocenters. The molecule has 0 aromatic carbocycles. The molecule has 1 fully saturated rings. The van der Waals surface area contributed by atoms with Crippen LogP contribution >= 0.6 is 0 Å². The molecule has 0 radical (unpaired) electrons. The lowest BCUT2D eigenvalue weighted by atomic mass is 9.86. The van der Waals surface area contributed by atoms with Gasteiger partial charge in [0.2, 0.25) is 0 Å². The zero-order valence-corrected chi connectivity index (χ0v) is 9.36. The van der Waals surface area contributed by atoms with Crippen LogP contribution in [0.5, 0.6) is 0 Å². The molecule has 1 aliphatic rings. The fourth-order valence-electron chi connectivity index (χ4n) is 2.05. The van der Waals surface area contributed by atoms with Gasteiger partial charge in [0.15, 0.2) is 0 Å². The molecular formula is C10H21NO5. The van der Waals surface area contributed by atoms with Crippen LogP contribution in [0.3, 0.4) is 0 Å². The summed E-state index contributed by atoms with van der Waals surface area (Å²) in [5.41, 5.74) is 5.55. The number of rotatable bonds is 4. The van der Waals surface area contributed by atoms with Crippen LogP contribution < -0.4 is 5.73 Å². The lowest BCUT2D eigenvalue weighted by molar-refractivity contribution is -0.240. The molecule has 0 spiro atoms. The van der Waals surface area contributed by atoms with E-state index in [0.29, 0.717) is 13.0 Å². The number of aliphatic hydroxyl groups is 4. The van der Waals surface area contributed by atoms with Crippen molar-refractivity contribution in [3.63, 3.8) is 0 Å².